The van der Waals surface area contributed by atoms with Crippen LogP contribution in [0.4, 0.5) is 0 Å². The second-order valence-corrected chi connectivity index (χ2v) is 6.81. The van der Waals surface area contributed by atoms with E-state index in [0.717, 1.165) is 42.0 Å². The fourth-order valence-electron chi connectivity index (χ4n) is 2.74. The molecule has 6 heteroatoms. The molecule has 3 rings (SSSR count). The van der Waals surface area contributed by atoms with E-state index < -0.39 is 0 Å². The maximum atomic E-state index is 6.02. The molecule has 0 atom stereocenters. The van der Waals surface area contributed by atoms with E-state index in [1.54, 1.807) is 10.9 Å². The van der Waals surface area contributed by atoms with Crippen molar-refractivity contribution in [3.8, 4) is 5.75 Å². The standard InChI is InChI=1S/C21H24N4OS/c1-3-4-12-20-23-24-21(27)25(20)22-14-18-10-5-6-11-19(18)26-15-17-9-7-8-16(2)13-17/h5-11,13-14H,3-4,12,15H2,1-2H3,(H,24,27)/b22-14+. The molecule has 0 aliphatic rings. The van der Waals surface area contributed by atoms with Gasteiger partial charge in [0.15, 0.2) is 5.82 Å². The molecule has 1 aromatic heterocycles. The van der Waals surface area contributed by atoms with Crippen LogP contribution in [0.5, 0.6) is 5.75 Å². The molecule has 0 saturated carbocycles. The second kappa shape index (κ2) is 9.28. The van der Waals surface area contributed by atoms with Gasteiger partial charge in [0.25, 0.3) is 0 Å². The van der Waals surface area contributed by atoms with Crippen LogP contribution in [0.15, 0.2) is 53.6 Å². The maximum absolute atomic E-state index is 6.02. The topological polar surface area (TPSA) is 55.2 Å². The molecule has 0 saturated heterocycles. The van der Waals surface area contributed by atoms with Gasteiger partial charge in [-0.3, -0.25) is 5.10 Å². The third-order valence-electron chi connectivity index (χ3n) is 4.18. The maximum Gasteiger partial charge on any atom is 0.216 e. The van der Waals surface area contributed by atoms with Crippen LogP contribution in [-0.2, 0) is 13.0 Å². The van der Waals surface area contributed by atoms with E-state index in [9.17, 15) is 0 Å². The number of hydrogen-bond acceptors (Lipinski definition) is 4. The van der Waals surface area contributed by atoms with Gasteiger partial charge >= 0.3 is 0 Å². The van der Waals surface area contributed by atoms with Gasteiger partial charge in [-0.1, -0.05) is 55.3 Å². The van der Waals surface area contributed by atoms with Crippen LogP contribution in [0.1, 0.15) is 42.3 Å². The van der Waals surface area contributed by atoms with E-state index in [1.165, 1.54) is 5.56 Å². The van der Waals surface area contributed by atoms with Crippen molar-refractivity contribution < 1.29 is 4.74 Å². The predicted octanol–water partition coefficient (Wildman–Crippen LogP) is 5.05. The van der Waals surface area contributed by atoms with Gasteiger partial charge in [-0.2, -0.15) is 14.9 Å². The lowest BCUT2D eigenvalue weighted by molar-refractivity contribution is 0.305. The van der Waals surface area contributed by atoms with E-state index >= 15 is 0 Å². The molecule has 0 aliphatic heterocycles. The SMILES string of the molecule is CCCCc1n[nH]c(=S)n1/N=C/c1ccccc1OCc1cccc(C)c1. The van der Waals surface area contributed by atoms with Crippen LogP contribution in [0.3, 0.4) is 0 Å². The lowest BCUT2D eigenvalue weighted by Crippen LogP contribution is -2.01. The van der Waals surface area contributed by atoms with E-state index in [2.05, 4.69) is 47.3 Å². The molecule has 1 N–H and O–H groups in total. The first-order valence-corrected chi connectivity index (χ1v) is 9.56. The molecule has 0 unspecified atom stereocenters. The van der Waals surface area contributed by atoms with Crippen LogP contribution in [-0.4, -0.2) is 21.1 Å². The van der Waals surface area contributed by atoms with Crippen molar-refractivity contribution >= 4 is 18.4 Å². The van der Waals surface area contributed by atoms with Crippen LogP contribution in [0, 0.1) is 11.7 Å². The summed E-state index contributed by atoms with van der Waals surface area (Å²) in [7, 11) is 0. The summed E-state index contributed by atoms with van der Waals surface area (Å²) < 4.78 is 8.20. The molecule has 5 nitrogen and oxygen atoms in total. The van der Waals surface area contributed by atoms with Crippen LogP contribution in [0.2, 0.25) is 0 Å². The number of para-hydroxylation sites is 1. The zero-order valence-corrected chi connectivity index (χ0v) is 16.5. The molecule has 0 amide bonds. The average molecular weight is 381 g/mol. The second-order valence-electron chi connectivity index (χ2n) is 6.42. The number of H-pyrrole nitrogens is 1. The minimum absolute atomic E-state index is 0.496. The summed E-state index contributed by atoms with van der Waals surface area (Å²) in [6, 6.07) is 16.2. The van der Waals surface area contributed by atoms with E-state index in [4.69, 9.17) is 17.0 Å². The lowest BCUT2D eigenvalue weighted by Gasteiger charge is -2.09. The quantitative estimate of drug-likeness (QED) is 0.439. The van der Waals surface area contributed by atoms with Crippen molar-refractivity contribution in [2.45, 2.75) is 39.7 Å². The van der Waals surface area contributed by atoms with Crippen molar-refractivity contribution in [1.82, 2.24) is 14.9 Å². The molecular weight excluding hydrogens is 356 g/mol. The van der Waals surface area contributed by atoms with Crippen molar-refractivity contribution in [2.75, 3.05) is 0 Å². The molecular formula is C21H24N4OS. The summed E-state index contributed by atoms with van der Waals surface area (Å²) in [4.78, 5) is 0. The molecule has 27 heavy (non-hydrogen) atoms. The summed E-state index contributed by atoms with van der Waals surface area (Å²) in [5, 5.41) is 11.6. The van der Waals surface area contributed by atoms with E-state index in [0.29, 0.717) is 11.4 Å². The highest BCUT2D eigenvalue weighted by atomic mass is 32.1. The molecule has 0 radical (unpaired) electrons. The number of aromatic amines is 1. The number of rotatable bonds is 8. The lowest BCUT2D eigenvalue weighted by atomic mass is 10.1. The Morgan fingerprint density at radius 2 is 2.07 bits per heavy atom. The highest BCUT2D eigenvalue weighted by Crippen LogP contribution is 2.18. The summed E-state index contributed by atoms with van der Waals surface area (Å²) in [5.74, 6) is 1.63. The molecule has 2 aromatic carbocycles. The molecule has 0 fully saturated rings. The largest absolute Gasteiger partial charge is 0.488 e. The van der Waals surface area contributed by atoms with Crippen LogP contribution in [0.25, 0.3) is 0 Å². The fraction of sp³-hybridized carbons (Fsp3) is 0.286. The predicted molar refractivity (Wildman–Crippen MR) is 111 cm³/mol. The number of aromatic nitrogens is 3. The smallest absolute Gasteiger partial charge is 0.216 e. The number of benzene rings is 2. The summed E-state index contributed by atoms with van der Waals surface area (Å²) in [5.41, 5.74) is 3.26. The monoisotopic (exact) mass is 380 g/mol. The Bertz CT molecular complexity index is 974. The Balaban J connectivity index is 1.77. The number of ether oxygens (including phenoxy) is 1. The molecule has 3 aromatic rings. The van der Waals surface area contributed by atoms with Gasteiger partial charge in [0.05, 0.1) is 6.21 Å². The van der Waals surface area contributed by atoms with E-state index in [1.807, 2.05) is 30.3 Å². The average Bonchev–Trinajstić information content (AvgIpc) is 3.03. The van der Waals surface area contributed by atoms with Crippen molar-refractivity contribution in [3.63, 3.8) is 0 Å². The first-order valence-electron chi connectivity index (χ1n) is 9.15. The Morgan fingerprint density at radius 3 is 2.89 bits per heavy atom. The van der Waals surface area contributed by atoms with E-state index in [-0.39, 0.29) is 0 Å². The first kappa shape index (κ1) is 19.0. The summed E-state index contributed by atoms with van der Waals surface area (Å²) in [6.07, 6.45) is 4.75. The zero-order chi connectivity index (χ0) is 19.1. The molecule has 1 heterocycles. The van der Waals surface area contributed by atoms with Crippen molar-refractivity contribution in [1.29, 1.82) is 0 Å². The number of hydrogen-bond donors (Lipinski definition) is 1. The Labute approximate surface area is 164 Å². The number of nitrogens with zero attached hydrogens (tertiary/aromatic N) is 3. The van der Waals surface area contributed by atoms with Gasteiger partial charge < -0.3 is 4.74 Å². The molecule has 0 spiro atoms. The Morgan fingerprint density at radius 1 is 1.22 bits per heavy atom. The summed E-state index contributed by atoms with van der Waals surface area (Å²) in [6.45, 7) is 4.74. The minimum Gasteiger partial charge on any atom is -0.488 e. The molecule has 0 aliphatic carbocycles. The molecule has 140 valence electrons. The number of unbranched alkanes of at least 4 members (excludes halogenated alkanes) is 1. The van der Waals surface area contributed by atoms with Gasteiger partial charge in [-0.15, -0.1) is 0 Å². The third-order valence-corrected chi connectivity index (χ3v) is 4.44. The minimum atomic E-state index is 0.496. The highest BCUT2D eigenvalue weighted by Gasteiger charge is 2.06. The fourth-order valence-corrected chi connectivity index (χ4v) is 2.94. The van der Waals surface area contributed by atoms with Crippen molar-refractivity contribution in [2.24, 2.45) is 5.10 Å². The molecule has 0 bridgehead atoms. The van der Waals surface area contributed by atoms with Crippen LogP contribution >= 0.6 is 12.2 Å². The zero-order valence-electron chi connectivity index (χ0n) is 15.7. The summed E-state index contributed by atoms with van der Waals surface area (Å²) >= 11 is 5.30. The Hall–Kier alpha value is -2.73. The third kappa shape index (κ3) is 5.14. The van der Waals surface area contributed by atoms with Crippen molar-refractivity contribution in [3.05, 3.63) is 75.8 Å². The van der Waals surface area contributed by atoms with Gasteiger partial charge in [0.2, 0.25) is 4.77 Å². The Kier molecular flexibility index (Phi) is 6.54. The highest BCUT2D eigenvalue weighted by molar-refractivity contribution is 7.71. The van der Waals surface area contributed by atoms with Gasteiger partial charge in [0.1, 0.15) is 12.4 Å². The van der Waals surface area contributed by atoms with Crippen LogP contribution < -0.4 is 4.74 Å². The van der Waals surface area contributed by atoms with Gasteiger partial charge in [0, 0.05) is 12.0 Å². The number of aryl methyl sites for hydroxylation is 2. The van der Waals surface area contributed by atoms with Gasteiger partial charge in [-0.25, -0.2) is 0 Å². The normalized spacial score (nSPS) is 11.2. The van der Waals surface area contributed by atoms with Gasteiger partial charge in [-0.05, 0) is 43.3 Å². The number of nitrogens with one attached hydrogen (secondary N) is 1. The first-order chi connectivity index (χ1) is 13.2.